The van der Waals surface area contributed by atoms with Crippen molar-refractivity contribution < 1.29 is 38.2 Å². The number of anilines is 3. The first kappa shape index (κ1) is 43.4. The molecule has 0 aliphatic carbocycles. The molecule has 0 spiro atoms. The summed E-state index contributed by atoms with van der Waals surface area (Å²) in [7, 11) is 1.93. The Morgan fingerprint density at radius 1 is 0.952 bits per heavy atom. The van der Waals surface area contributed by atoms with Crippen molar-refractivity contribution in [1.82, 2.24) is 45.6 Å². The summed E-state index contributed by atoms with van der Waals surface area (Å²) in [6.45, 7) is 9.06. The molecule has 1 aromatic carbocycles. The van der Waals surface area contributed by atoms with Crippen LogP contribution in [-0.2, 0) is 43.5 Å². The lowest BCUT2D eigenvalue weighted by atomic mass is 10.0. The van der Waals surface area contributed by atoms with Crippen LogP contribution in [-0.4, -0.2) is 130 Å². The van der Waals surface area contributed by atoms with Gasteiger partial charge in [0.1, 0.15) is 29.7 Å². The van der Waals surface area contributed by atoms with Crippen molar-refractivity contribution in [2.75, 3.05) is 68.2 Å². The van der Waals surface area contributed by atoms with Gasteiger partial charge in [0.25, 0.3) is 17.7 Å². The summed E-state index contributed by atoms with van der Waals surface area (Å²) in [4.78, 5) is 91.1. The minimum atomic E-state index is -1.04. The van der Waals surface area contributed by atoms with E-state index in [1.54, 1.807) is 29.4 Å². The number of amides is 6. The Balaban J connectivity index is 0.825. The zero-order chi connectivity index (χ0) is 43.9. The highest BCUT2D eigenvalue weighted by molar-refractivity contribution is 6.25. The average molecular weight is 851 g/mol. The molecule has 62 heavy (non-hydrogen) atoms. The van der Waals surface area contributed by atoms with Gasteiger partial charge in [-0.25, -0.2) is 9.97 Å². The SMILES string of the molecule is CCn1cnnc1-c1cccc(N2Cc3c(cc(N(C)C(C)C)nc3CNCC(=O)NCCOCCOCCNc3cccc4c3C(=O)N(C3CCC(=O)NC3=O)C4=O)C2=O)n1. The van der Waals surface area contributed by atoms with E-state index in [1.165, 1.54) is 6.07 Å². The molecule has 1 fully saturated rings. The van der Waals surface area contributed by atoms with Gasteiger partial charge in [0, 0.05) is 56.9 Å². The molecule has 6 amide bonds. The minimum absolute atomic E-state index is 0.0233. The number of carbonyl (C=O) groups excluding carboxylic acids is 6. The number of carbonyl (C=O) groups is 6. The maximum Gasteiger partial charge on any atom is 0.264 e. The van der Waals surface area contributed by atoms with Gasteiger partial charge in [-0.1, -0.05) is 12.1 Å². The van der Waals surface area contributed by atoms with E-state index in [4.69, 9.17) is 19.4 Å². The van der Waals surface area contributed by atoms with Gasteiger partial charge in [-0.3, -0.25) is 43.9 Å². The highest BCUT2D eigenvalue weighted by atomic mass is 16.5. The first-order chi connectivity index (χ1) is 30.0. The fourth-order valence-corrected chi connectivity index (χ4v) is 7.37. The summed E-state index contributed by atoms with van der Waals surface area (Å²) < 4.78 is 13.1. The van der Waals surface area contributed by atoms with E-state index in [9.17, 15) is 28.8 Å². The third-order valence-corrected chi connectivity index (χ3v) is 10.9. The number of nitrogens with one attached hydrogen (secondary N) is 4. The maximum absolute atomic E-state index is 13.9. The molecule has 4 N–H and O–H groups in total. The first-order valence-corrected chi connectivity index (χ1v) is 20.6. The fourth-order valence-electron chi connectivity index (χ4n) is 7.37. The molecule has 6 heterocycles. The molecule has 1 atom stereocenters. The summed E-state index contributed by atoms with van der Waals surface area (Å²) in [5.74, 6) is -0.906. The van der Waals surface area contributed by atoms with E-state index >= 15 is 0 Å². The van der Waals surface area contributed by atoms with Crippen LogP contribution in [0.1, 0.15) is 75.9 Å². The topological polar surface area (TPSA) is 235 Å². The number of imide groups is 2. The average Bonchev–Trinajstić information content (AvgIpc) is 3.95. The fraction of sp³-hybridized carbons (Fsp3) is 0.429. The Labute approximate surface area is 357 Å². The number of aromatic nitrogens is 5. The number of nitrogens with zero attached hydrogens (tertiary/aromatic N) is 8. The Kier molecular flexibility index (Phi) is 13.6. The second kappa shape index (κ2) is 19.4. The number of ether oxygens (including phenoxy) is 2. The van der Waals surface area contributed by atoms with Crippen LogP contribution in [0.15, 0.2) is 48.8 Å². The quantitative estimate of drug-likeness (QED) is 0.0729. The van der Waals surface area contributed by atoms with Crippen LogP contribution in [0, 0.1) is 0 Å². The molecule has 7 rings (SSSR count). The smallest absolute Gasteiger partial charge is 0.264 e. The lowest BCUT2D eigenvalue weighted by Gasteiger charge is -2.27. The monoisotopic (exact) mass is 850 g/mol. The van der Waals surface area contributed by atoms with Crippen molar-refractivity contribution in [2.45, 2.75) is 65.3 Å². The second-order valence-corrected chi connectivity index (χ2v) is 15.2. The number of rotatable bonds is 20. The Hall–Kier alpha value is -6.64. The molecule has 1 saturated heterocycles. The molecule has 0 saturated carbocycles. The van der Waals surface area contributed by atoms with Crippen LogP contribution in [0.5, 0.6) is 0 Å². The van der Waals surface area contributed by atoms with Gasteiger partial charge >= 0.3 is 0 Å². The van der Waals surface area contributed by atoms with E-state index in [0.29, 0.717) is 53.2 Å². The first-order valence-electron chi connectivity index (χ1n) is 20.6. The molecule has 1 unspecified atom stereocenters. The summed E-state index contributed by atoms with van der Waals surface area (Å²) in [6, 6.07) is 11.2. The Morgan fingerprint density at radius 2 is 1.73 bits per heavy atom. The number of fused-ring (bicyclic) bond motifs is 2. The minimum Gasteiger partial charge on any atom is -0.382 e. The number of aryl methyl sites for hydroxylation is 1. The van der Waals surface area contributed by atoms with Crippen LogP contribution in [0.25, 0.3) is 11.5 Å². The van der Waals surface area contributed by atoms with E-state index in [0.717, 1.165) is 10.5 Å². The van der Waals surface area contributed by atoms with Crippen molar-refractivity contribution in [3.05, 3.63) is 76.7 Å². The summed E-state index contributed by atoms with van der Waals surface area (Å²) in [5, 5.41) is 19.6. The lowest BCUT2D eigenvalue weighted by Crippen LogP contribution is -2.54. The summed E-state index contributed by atoms with van der Waals surface area (Å²) in [6.07, 6.45) is 1.77. The predicted molar refractivity (Wildman–Crippen MR) is 225 cm³/mol. The molecule has 4 aromatic rings. The van der Waals surface area contributed by atoms with Gasteiger partial charge in [0.05, 0.1) is 61.9 Å². The number of benzene rings is 1. The predicted octanol–water partition coefficient (Wildman–Crippen LogP) is 1.51. The number of pyridine rings is 2. The largest absolute Gasteiger partial charge is 0.382 e. The van der Waals surface area contributed by atoms with Crippen molar-refractivity contribution >= 4 is 52.8 Å². The van der Waals surface area contributed by atoms with E-state index < -0.39 is 29.7 Å². The van der Waals surface area contributed by atoms with Gasteiger partial charge in [-0.15, -0.1) is 10.2 Å². The molecule has 326 valence electrons. The molecular weight excluding hydrogens is 801 g/mol. The van der Waals surface area contributed by atoms with Crippen molar-refractivity contribution in [2.24, 2.45) is 0 Å². The van der Waals surface area contributed by atoms with Gasteiger partial charge < -0.3 is 34.9 Å². The van der Waals surface area contributed by atoms with Crippen LogP contribution in [0.3, 0.4) is 0 Å². The third-order valence-electron chi connectivity index (χ3n) is 10.9. The highest BCUT2D eigenvalue weighted by Crippen LogP contribution is 2.34. The third kappa shape index (κ3) is 9.31. The highest BCUT2D eigenvalue weighted by Gasteiger charge is 2.45. The summed E-state index contributed by atoms with van der Waals surface area (Å²) >= 11 is 0. The van der Waals surface area contributed by atoms with E-state index in [1.807, 2.05) is 55.5 Å². The van der Waals surface area contributed by atoms with Crippen molar-refractivity contribution in [3.63, 3.8) is 0 Å². The van der Waals surface area contributed by atoms with E-state index in [2.05, 4.69) is 31.5 Å². The zero-order valence-electron chi connectivity index (χ0n) is 35.1. The van der Waals surface area contributed by atoms with Gasteiger partial charge in [-0.05, 0) is 57.5 Å². The van der Waals surface area contributed by atoms with Crippen LogP contribution < -0.4 is 31.1 Å². The normalized spacial score (nSPS) is 16.0. The van der Waals surface area contributed by atoms with E-state index in [-0.39, 0.29) is 94.4 Å². The van der Waals surface area contributed by atoms with Crippen molar-refractivity contribution in [3.8, 4) is 11.5 Å². The molecule has 0 radical (unpaired) electrons. The lowest BCUT2D eigenvalue weighted by molar-refractivity contribution is -0.136. The van der Waals surface area contributed by atoms with Gasteiger partial charge in [0.15, 0.2) is 5.82 Å². The van der Waals surface area contributed by atoms with Gasteiger partial charge in [0.2, 0.25) is 17.7 Å². The summed E-state index contributed by atoms with van der Waals surface area (Å²) in [5.41, 5.74) is 3.41. The number of hydrogen-bond donors (Lipinski definition) is 4. The second-order valence-electron chi connectivity index (χ2n) is 15.2. The number of hydrogen-bond acceptors (Lipinski definition) is 15. The molecule has 3 aliphatic heterocycles. The molecule has 3 aromatic heterocycles. The Bertz CT molecular complexity index is 2370. The zero-order valence-corrected chi connectivity index (χ0v) is 35.1. The van der Waals surface area contributed by atoms with Crippen LogP contribution in [0.4, 0.5) is 17.3 Å². The molecular formula is C42H50N12O8. The molecule has 20 nitrogen and oxygen atoms in total. The van der Waals surface area contributed by atoms with Crippen LogP contribution >= 0.6 is 0 Å². The van der Waals surface area contributed by atoms with Crippen LogP contribution in [0.2, 0.25) is 0 Å². The number of piperidine rings is 1. The molecule has 3 aliphatic rings. The molecule has 20 heteroatoms. The van der Waals surface area contributed by atoms with Gasteiger partial charge in [-0.2, -0.15) is 0 Å². The standard InChI is InChI=1S/C42H50N12O8/c1-5-52-24-46-50-38(52)30-10-7-11-33(47-30)53-23-28-27(40(53)58)20-34(51(4)25(2)3)48-31(28)21-43-22-36(56)45-15-17-62-19-18-61-16-14-44-29-9-6-8-26-37(29)42(60)54(41(26)59)32-12-13-35(55)49-39(32)57/h6-11,20,24-25,32,43-44H,5,12-19,21-23H2,1-4H3,(H,45,56)(H,49,55,57). The Morgan fingerprint density at radius 3 is 2.48 bits per heavy atom. The van der Waals surface area contributed by atoms with Crippen molar-refractivity contribution in [1.29, 1.82) is 0 Å². The maximum atomic E-state index is 13.9. The molecule has 0 bridgehead atoms.